The smallest absolute Gasteiger partial charge is 0.226 e. The monoisotopic (exact) mass is 249 g/mol. The minimum absolute atomic E-state index is 0.0186. The lowest BCUT2D eigenvalue weighted by Gasteiger charge is -2.36. The van der Waals surface area contributed by atoms with Crippen LogP contribution < -0.4 is 0 Å². The first-order valence-corrected chi connectivity index (χ1v) is 6.13. The molecule has 94 valence electrons. The lowest BCUT2D eigenvalue weighted by atomic mass is 9.93. The maximum atomic E-state index is 11.8. The SMILES string of the molecule is CC(CCl)C(=O)N(C)CC1(O)CCOCC1. The maximum Gasteiger partial charge on any atom is 0.226 e. The summed E-state index contributed by atoms with van der Waals surface area (Å²) < 4.78 is 5.19. The zero-order valence-electron chi connectivity index (χ0n) is 9.91. The van der Waals surface area contributed by atoms with Gasteiger partial charge in [0.1, 0.15) is 0 Å². The molecule has 0 spiro atoms. The van der Waals surface area contributed by atoms with Crippen LogP contribution in [0, 0.1) is 5.92 Å². The topological polar surface area (TPSA) is 49.8 Å². The van der Waals surface area contributed by atoms with Gasteiger partial charge in [-0.3, -0.25) is 4.79 Å². The molecular formula is C11H20ClNO3. The molecule has 0 saturated carbocycles. The highest BCUT2D eigenvalue weighted by molar-refractivity contribution is 6.19. The number of likely N-dealkylation sites (N-methyl/N-ethyl adjacent to an activating group) is 1. The van der Waals surface area contributed by atoms with Crippen molar-refractivity contribution >= 4 is 17.5 Å². The predicted molar refractivity (Wildman–Crippen MR) is 62.5 cm³/mol. The van der Waals surface area contributed by atoms with E-state index in [4.69, 9.17) is 16.3 Å². The number of carbonyl (C=O) groups excluding carboxylic acids is 1. The van der Waals surface area contributed by atoms with Crippen LogP contribution in [0.15, 0.2) is 0 Å². The Morgan fingerprint density at radius 1 is 1.56 bits per heavy atom. The third-order valence-corrected chi connectivity index (χ3v) is 3.45. The summed E-state index contributed by atoms with van der Waals surface area (Å²) in [5, 5.41) is 10.2. The molecule has 16 heavy (non-hydrogen) atoms. The fourth-order valence-electron chi connectivity index (χ4n) is 1.87. The fraction of sp³-hybridized carbons (Fsp3) is 0.909. The van der Waals surface area contributed by atoms with E-state index in [-0.39, 0.29) is 11.8 Å². The van der Waals surface area contributed by atoms with E-state index in [1.54, 1.807) is 18.9 Å². The molecule has 1 heterocycles. The van der Waals surface area contributed by atoms with Gasteiger partial charge in [-0.2, -0.15) is 0 Å². The third-order valence-electron chi connectivity index (χ3n) is 2.98. The van der Waals surface area contributed by atoms with E-state index < -0.39 is 5.60 Å². The molecule has 0 aliphatic carbocycles. The lowest BCUT2D eigenvalue weighted by molar-refractivity contribution is -0.139. The normalized spacial score (nSPS) is 21.5. The summed E-state index contributed by atoms with van der Waals surface area (Å²) in [4.78, 5) is 13.4. The summed E-state index contributed by atoms with van der Waals surface area (Å²) in [6.07, 6.45) is 1.17. The average molecular weight is 250 g/mol. The number of alkyl halides is 1. The Hall–Kier alpha value is -0.320. The van der Waals surface area contributed by atoms with Gasteiger partial charge in [0.05, 0.1) is 5.60 Å². The number of hydrogen-bond donors (Lipinski definition) is 1. The van der Waals surface area contributed by atoms with Gasteiger partial charge in [0.2, 0.25) is 5.91 Å². The van der Waals surface area contributed by atoms with E-state index in [0.717, 1.165) is 0 Å². The second kappa shape index (κ2) is 5.84. The summed E-state index contributed by atoms with van der Waals surface area (Å²) in [5.41, 5.74) is -0.797. The Morgan fingerprint density at radius 2 is 2.12 bits per heavy atom. The van der Waals surface area contributed by atoms with Crippen LogP contribution >= 0.6 is 11.6 Å². The third kappa shape index (κ3) is 3.61. The summed E-state index contributed by atoms with van der Waals surface area (Å²) in [6.45, 7) is 3.27. The predicted octanol–water partition coefficient (Wildman–Crippen LogP) is 0.861. The van der Waals surface area contributed by atoms with Crippen LogP contribution in [0.4, 0.5) is 0 Å². The molecule has 1 N–H and O–H groups in total. The molecule has 1 fully saturated rings. The van der Waals surface area contributed by atoms with Crippen molar-refractivity contribution in [1.29, 1.82) is 0 Å². The average Bonchev–Trinajstić information content (AvgIpc) is 2.27. The number of hydrogen-bond acceptors (Lipinski definition) is 3. The quantitative estimate of drug-likeness (QED) is 0.752. The second-order valence-corrected chi connectivity index (χ2v) is 4.89. The highest BCUT2D eigenvalue weighted by Gasteiger charge is 2.33. The zero-order chi connectivity index (χ0) is 12.2. The molecule has 1 amide bonds. The van der Waals surface area contributed by atoms with Crippen molar-refractivity contribution in [1.82, 2.24) is 4.90 Å². The first kappa shape index (κ1) is 13.7. The van der Waals surface area contributed by atoms with Crippen LogP contribution in [0.25, 0.3) is 0 Å². The summed E-state index contributed by atoms with van der Waals surface area (Å²) >= 11 is 5.64. The van der Waals surface area contributed by atoms with Crippen molar-refractivity contribution in [2.75, 3.05) is 32.7 Å². The number of carbonyl (C=O) groups is 1. The molecule has 0 aromatic heterocycles. The van der Waals surface area contributed by atoms with E-state index in [0.29, 0.717) is 38.5 Å². The van der Waals surface area contributed by atoms with Crippen LogP contribution in [0.1, 0.15) is 19.8 Å². The van der Waals surface area contributed by atoms with Gasteiger partial charge in [-0.25, -0.2) is 0 Å². The number of amides is 1. The summed E-state index contributed by atoms with van der Waals surface area (Å²) in [6, 6.07) is 0. The fourth-order valence-corrected chi connectivity index (χ4v) is 2.00. The first-order valence-electron chi connectivity index (χ1n) is 5.59. The van der Waals surface area contributed by atoms with E-state index in [1.807, 2.05) is 0 Å². The number of rotatable bonds is 4. The van der Waals surface area contributed by atoms with Crippen molar-refractivity contribution < 1.29 is 14.6 Å². The lowest BCUT2D eigenvalue weighted by Crippen LogP contribution is -2.48. The van der Waals surface area contributed by atoms with Crippen LogP contribution in [-0.2, 0) is 9.53 Å². The number of nitrogens with zero attached hydrogens (tertiary/aromatic N) is 1. The largest absolute Gasteiger partial charge is 0.388 e. The van der Waals surface area contributed by atoms with Gasteiger partial charge in [-0.15, -0.1) is 11.6 Å². The molecule has 0 aromatic carbocycles. The Kier molecular flexibility index (Phi) is 5.02. The zero-order valence-corrected chi connectivity index (χ0v) is 10.7. The first-order chi connectivity index (χ1) is 7.48. The van der Waals surface area contributed by atoms with Gasteiger partial charge in [-0.05, 0) is 0 Å². The van der Waals surface area contributed by atoms with E-state index in [2.05, 4.69) is 0 Å². The van der Waals surface area contributed by atoms with Gasteiger partial charge < -0.3 is 14.7 Å². The van der Waals surface area contributed by atoms with Gasteiger partial charge in [0.25, 0.3) is 0 Å². The van der Waals surface area contributed by atoms with Crippen LogP contribution in [0.5, 0.6) is 0 Å². The Balaban J connectivity index is 2.49. The highest BCUT2D eigenvalue weighted by Crippen LogP contribution is 2.21. The molecule has 1 rings (SSSR count). The van der Waals surface area contributed by atoms with Gasteiger partial charge in [0, 0.05) is 51.4 Å². The molecule has 5 heteroatoms. The summed E-state index contributed by atoms with van der Waals surface area (Å²) in [5.74, 6) is 0.0927. The minimum Gasteiger partial charge on any atom is -0.388 e. The molecule has 1 saturated heterocycles. The van der Waals surface area contributed by atoms with E-state index in [9.17, 15) is 9.90 Å². The van der Waals surface area contributed by atoms with Gasteiger partial charge in [0.15, 0.2) is 0 Å². The number of ether oxygens (including phenoxy) is 1. The molecule has 0 bridgehead atoms. The Bertz CT molecular complexity index is 241. The summed E-state index contributed by atoms with van der Waals surface area (Å²) in [7, 11) is 1.71. The van der Waals surface area contributed by atoms with Crippen molar-refractivity contribution in [3.8, 4) is 0 Å². The van der Waals surface area contributed by atoms with Crippen molar-refractivity contribution in [3.63, 3.8) is 0 Å². The molecule has 1 aliphatic rings. The van der Waals surface area contributed by atoms with Crippen LogP contribution in [0.3, 0.4) is 0 Å². The van der Waals surface area contributed by atoms with Gasteiger partial charge >= 0.3 is 0 Å². The van der Waals surface area contributed by atoms with Crippen molar-refractivity contribution in [2.24, 2.45) is 5.92 Å². The minimum atomic E-state index is -0.797. The van der Waals surface area contributed by atoms with Crippen molar-refractivity contribution in [2.45, 2.75) is 25.4 Å². The Morgan fingerprint density at radius 3 is 2.62 bits per heavy atom. The molecule has 1 aliphatic heterocycles. The molecule has 0 radical (unpaired) electrons. The molecule has 1 unspecified atom stereocenters. The molecule has 0 aromatic rings. The van der Waals surface area contributed by atoms with E-state index >= 15 is 0 Å². The van der Waals surface area contributed by atoms with Crippen LogP contribution in [-0.4, -0.2) is 54.2 Å². The van der Waals surface area contributed by atoms with E-state index in [1.165, 1.54) is 0 Å². The van der Waals surface area contributed by atoms with Gasteiger partial charge in [-0.1, -0.05) is 6.92 Å². The van der Waals surface area contributed by atoms with Crippen LogP contribution in [0.2, 0.25) is 0 Å². The molecule has 1 atom stereocenters. The Labute approximate surface area is 102 Å². The standard InChI is InChI=1S/C11H20ClNO3/c1-9(7-12)10(14)13(2)8-11(15)3-5-16-6-4-11/h9,15H,3-8H2,1-2H3. The number of halogens is 1. The second-order valence-electron chi connectivity index (χ2n) is 4.59. The highest BCUT2D eigenvalue weighted by atomic mass is 35.5. The number of aliphatic hydroxyl groups is 1. The molecule has 4 nitrogen and oxygen atoms in total. The maximum absolute atomic E-state index is 11.8. The molecular weight excluding hydrogens is 230 g/mol. The van der Waals surface area contributed by atoms with Crippen molar-refractivity contribution in [3.05, 3.63) is 0 Å².